The summed E-state index contributed by atoms with van der Waals surface area (Å²) in [6.45, 7) is 1.67. The number of halogens is 1. The van der Waals surface area contributed by atoms with Crippen LogP contribution in [-0.2, 0) is 14.8 Å². The van der Waals surface area contributed by atoms with Gasteiger partial charge >= 0.3 is 0 Å². The van der Waals surface area contributed by atoms with Gasteiger partial charge in [0.2, 0.25) is 15.9 Å². The normalized spacial score (nSPS) is 21.6. The van der Waals surface area contributed by atoms with Gasteiger partial charge < -0.3 is 4.90 Å². The van der Waals surface area contributed by atoms with Gasteiger partial charge in [-0.15, -0.1) is 0 Å². The van der Waals surface area contributed by atoms with Gasteiger partial charge in [-0.1, -0.05) is 23.7 Å². The van der Waals surface area contributed by atoms with Crippen LogP contribution in [0.1, 0.15) is 32.1 Å². The van der Waals surface area contributed by atoms with Crippen molar-refractivity contribution in [3.63, 3.8) is 0 Å². The van der Waals surface area contributed by atoms with Gasteiger partial charge in [0.15, 0.2) is 0 Å². The number of carbonyl (C=O) groups excluding carboxylic acids is 1. The van der Waals surface area contributed by atoms with Crippen molar-refractivity contribution >= 4 is 27.5 Å². The largest absolute Gasteiger partial charge is 0.340 e. The van der Waals surface area contributed by atoms with Crippen molar-refractivity contribution in [3.05, 3.63) is 29.3 Å². The Hall–Kier alpha value is -1.11. The van der Waals surface area contributed by atoms with Gasteiger partial charge in [0, 0.05) is 32.1 Å². The number of likely N-dealkylation sites (tertiary alicyclic amines) is 1. The molecule has 0 radical (unpaired) electrons. The summed E-state index contributed by atoms with van der Waals surface area (Å²) >= 11 is 6.04. The Morgan fingerprint density at radius 1 is 1.04 bits per heavy atom. The number of hydrogen-bond acceptors (Lipinski definition) is 3. The van der Waals surface area contributed by atoms with Gasteiger partial charge in [-0.3, -0.25) is 4.79 Å². The third-order valence-corrected chi connectivity index (χ3v) is 7.08. The quantitative estimate of drug-likeness (QED) is 0.836. The average Bonchev–Trinajstić information content (AvgIpc) is 2.56. The number of piperidine rings is 2. The minimum Gasteiger partial charge on any atom is -0.340 e. The molecule has 0 bridgehead atoms. The lowest BCUT2D eigenvalue weighted by atomic mass is 10.0. The van der Waals surface area contributed by atoms with Gasteiger partial charge in [-0.05, 0) is 37.8 Å². The molecule has 3 rings (SSSR count). The van der Waals surface area contributed by atoms with E-state index in [1.54, 1.807) is 18.2 Å². The molecule has 2 aliphatic rings. The molecule has 1 amide bonds. The standard InChI is InChI=1S/C16H21ClN2O3S/c17-14-5-1-2-6-15(14)23(21,22)18-11-8-13(9-12-18)19-10-4-3-7-16(19)20/h1-2,5-6,13H,3-4,7-12H2. The maximum atomic E-state index is 12.7. The second-order valence-corrected chi connectivity index (χ2v) is 8.42. The smallest absolute Gasteiger partial charge is 0.244 e. The molecule has 2 heterocycles. The van der Waals surface area contributed by atoms with Crippen LogP contribution in [0.5, 0.6) is 0 Å². The van der Waals surface area contributed by atoms with Gasteiger partial charge in [0.1, 0.15) is 4.90 Å². The monoisotopic (exact) mass is 356 g/mol. The first kappa shape index (κ1) is 16.7. The predicted molar refractivity (Wildman–Crippen MR) is 88.8 cm³/mol. The molecule has 2 aliphatic heterocycles. The van der Waals surface area contributed by atoms with Crippen molar-refractivity contribution in [1.29, 1.82) is 0 Å². The van der Waals surface area contributed by atoms with Crippen LogP contribution in [0, 0.1) is 0 Å². The zero-order valence-corrected chi connectivity index (χ0v) is 14.5. The Bertz CT molecular complexity index is 684. The van der Waals surface area contributed by atoms with E-state index >= 15 is 0 Å². The Labute approximate surface area is 142 Å². The molecular weight excluding hydrogens is 336 g/mol. The topological polar surface area (TPSA) is 57.7 Å². The molecule has 0 spiro atoms. The third-order valence-electron chi connectivity index (χ3n) is 4.68. The molecule has 1 aromatic carbocycles. The highest BCUT2D eigenvalue weighted by atomic mass is 35.5. The van der Waals surface area contributed by atoms with E-state index in [0.717, 1.165) is 19.4 Å². The lowest BCUT2D eigenvalue weighted by Gasteiger charge is -2.39. The molecule has 0 atom stereocenters. The average molecular weight is 357 g/mol. The van der Waals surface area contributed by atoms with E-state index in [0.29, 0.717) is 32.4 Å². The highest BCUT2D eigenvalue weighted by Crippen LogP contribution is 2.28. The zero-order chi connectivity index (χ0) is 16.4. The van der Waals surface area contributed by atoms with Crippen LogP contribution >= 0.6 is 11.6 Å². The summed E-state index contributed by atoms with van der Waals surface area (Å²) in [5.41, 5.74) is 0. The van der Waals surface area contributed by atoms with Crippen LogP contribution in [0.15, 0.2) is 29.2 Å². The van der Waals surface area contributed by atoms with E-state index in [4.69, 9.17) is 11.6 Å². The fraction of sp³-hybridized carbons (Fsp3) is 0.562. The number of benzene rings is 1. The Morgan fingerprint density at radius 3 is 2.39 bits per heavy atom. The summed E-state index contributed by atoms with van der Waals surface area (Å²) in [4.78, 5) is 14.1. The molecule has 1 aromatic rings. The zero-order valence-electron chi connectivity index (χ0n) is 12.9. The fourth-order valence-electron chi connectivity index (χ4n) is 3.40. The van der Waals surface area contributed by atoms with Gasteiger partial charge in [0.05, 0.1) is 5.02 Å². The van der Waals surface area contributed by atoms with E-state index in [1.807, 2.05) is 4.90 Å². The first-order valence-electron chi connectivity index (χ1n) is 8.04. The van der Waals surface area contributed by atoms with Crippen molar-refractivity contribution in [2.24, 2.45) is 0 Å². The van der Waals surface area contributed by atoms with Crippen LogP contribution in [0.2, 0.25) is 5.02 Å². The lowest BCUT2D eigenvalue weighted by molar-refractivity contribution is -0.136. The second-order valence-electron chi connectivity index (χ2n) is 6.11. The fourth-order valence-corrected chi connectivity index (χ4v) is 5.36. The second kappa shape index (κ2) is 6.79. The molecular formula is C16H21ClN2O3S. The summed E-state index contributed by atoms with van der Waals surface area (Å²) in [6.07, 6.45) is 4.02. The number of nitrogens with zero attached hydrogens (tertiary/aromatic N) is 2. The molecule has 7 heteroatoms. The molecule has 126 valence electrons. The summed E-state index contributed by atoms with van der Waals surface area (Å²) < 4.78 is 26.9. The summed E-state index contributed by atoms with van der Waals surface area (Å²) in [7, 11) is -3.56. The molecule has 0 N–H and O–H groups in total. The van der Waals surface area contributed by atoms with E-state index in [2.05, 4.69) is 0 Å². The van der Waals surface area contributed by atoms with Gasteiger partial charge in [-0.2, -0.15) is 4.31 Å². The van der Waals surface area contributed by atoms with Crippen molar-refractivity contribution in [3.8, 4) is 0 Å². The van der Waals surface area contributed by atoms with Crippen LogP contribution in [0.25, 0.3) is 0 Å². The van der Waals surface area contributed by atoms with Gasteiger partial charge in [0.25, 0.3) is 0 Å². The molecule has 2 fully saturated rings. The molecule has 0 unspecified atom stereocenters. The molecule has 5 nitrogen and oxygen atoms in total. The van der Waals surface area contributed by atoms with Crippen molar-refractivity contribution in [2.75, 3.05) is 19.6 Å². The van der Waals surface area contributed by atoms with Crippen molar-refractivity contribution < 1.29 is 13.2 Å². The minimum atomic E-state index is -3.56. The number of amides is 1. The van der Waals surface area contributed by atoms with Gasteiger partial charge in [-0.25, -0.2) is 8.42 Å². The molecule has 0 aromatic heterocycles. The Morgan fingerprint density at radius 2 is 1.74 bits per heavy atom. The van der Waals surface area contributed by atoms with Crippen molar-refractivity contribution in [1.82, 2.24) is 9.21 Å². The summed E-state index contributed by atoms with van der Waals surface area (Å²) in [5, 5.41) is 0.251. The maximum absolute atomic E-state index is 12.7. The van der Waals surface area contributed by atoms with E-state index in [9.17, 15) is 13.2 Å². The van der Waals surface area contributed by atoms with E-state index in [1.165, 1.54) is 10.4 Å². The summed E-state index contributed by atoms with van der Waals surface area (Å²) in [6, 6.07) is 6.69. The minimum absolute atomic E-state index is 0.161. The Balaban J connectivity index is 1.69. The molecule has 2 saturated heterocycles. The SMILES string of the molecule is O=C1CCCCN1C1CCN(S(=O)(=O)c2ccccc2Cl)CC1. The number of carbonyl (C=O) groups is 1. The molecule has 0 saturated carbocycles. The Kier molecular flexibility index (Phi) is 4.94. The third kappa shape index (κ3) is 3.39. The number of sulfonamides is 1. The summed E-state index contributed by atoms with van der Waals surface area (Å²) in [5.74, 6) is 0.212. The van der Waals surface area contributed by atoms with Crippen molar-refractivity contribution in [2.45, 2.75) is 43.0 Å². The highest BCUT2D eigenvalue weighted by molar-refractivity contribution is 7.89. The van der Waals surface area contributed by atoms with Crippen LogP contribution in [0.4, 0.5) is 0 Å². The highest BCUT2D eigenvalue weighted by Gasteiger charge is 2.34. The first-order chi connectivity index (χ1) is 11.0. The van der Waals surface area contributed by atoms with Crippen LogP contribution < -0.4 is 0 Å². The predicted octanol–water partition coefficient (Wildman–Crippen LogP) is 2.51. The van der Waals surface area contributed by atoms with Crippen LogP contribution in [0.3, 0.4) is 0 Å². The maximum Gasteiger partial charge on any atom is 0.244 e. The molecule has 23 heavy (non-hydrogen) atoms. The van der Waals surface area contributed by atoms with E-state index in [-0.39, 0.29) is 21.9 Å². The molecule has 0 aliphatic carbocycles. The number of hydrogen-bond donors (Lipinski definition) is 0. The lowest BCUT2D eigenvalue weighted by Crippen LogP contribution is -2.50. The van der Waals surface area contributed by atoms with Crippen LogP contribution in [-0.4, -0.2) is 49.2 Å². The van der Waals surface area contributed by atoms with E-state index < -0.39 is 10.0 Å². The first-order valence-corrected chi connectivity index (χ1v) is 9.86. The number of rotatable bonds is 3.